The zero-order valence-electron chi connectivity index (χ0n) is 12.8. The Hall–Kier alpha value is -1.08. The first-order chi connectivity index (χ1) is 9.36. The Morgan fingerprint density at radius 2 is 2.15 bits per heavy atom. The normalized spacial score (nSPS) is 20.8. The van der Waals surface area contributed by atoms with E-state index in [2.05, 4.69) is 5.32 Å². The van der Waals surface area contributed by atoms with Crippen LogP contribution in [0.15, 0.2) is 0 Å². The molecule has 0 aromatic carbocycles. The highest BCUT2D eigenvalue weighted by Crippen LogP contribution is 2.18. The predicted octanol–water partition coefficient (Wildman–Crippen LogP) is 0.265. The van der Waals surface area contributed by atoms with Crippen molar-refractivity contribution in [3.63, 3.8) is 0 Å². The molecule has 0 aliphatic carbocycles. The van der Waals surface area contributed by atoms with Gasteiger partial charge in [-0.3, -0.25) is 4.79 Å². The summed E-state index contributed by atoms with van der Waals surface area (Å²) in [6.07, 6.45) is 2.11. The van der Waals surface area contributed by atoms with Crippen LogP contribution in [0.3, 0.4) is 0 Å². The lowest BCUT2D eigenvalue weighted by molar-refractivity contribution is -0.146. The topological polar surface area (TPSA) is 78.9 Å². The van der Waals surface area contributed by atoms with E-state index in [9.17, 15) is 14.6 Å². The van der Waals surface area contributed by atoms with Crippen molar-refractivity contribution in [2.24, 2.45) is 5.92 Å². The molecule has 2 N–H and O–H groups in total. The standard InChI is InChI=1S/C13H25BN2O4/c1-9(2)8-10(13(18)20-4)15-12(17)11-6-5-7-16(11)14(3)19/h9-11,19H,5-8H2,1-4H3,(H,15,17). The van der Waals surface area contributed by atoms with Crippen molar-refractivity contribution in [2.45, 2.75) is 52.0 Å². The molecule has 0 aromatic heterocycles. The Morgan fingerprint density at radius 1 is 1.50 bits per heavy atom. The van der Waals surface area contributed by atoms with Crippen molar-refractivity contribution in [2.75, 3.05) is 13.7 Å². The van der Waals surface area contributed by atoms with Gasteiger partial charge in [-0.05, 0) is 38.5 Å². The van der Waals surface area contributed by atoms with Crippen LogP contribution in [0, 0.1) is 5.92 Å². The molecule has 0 spiro atoms. The SMILES string of the molecule is COC(=O)C(CC(C)C)NC(=O)C1CCCN1B(C)O. The van der Waals surface area contributed by atoms with E-state index in [-0.39, 0.29) is 17.9 Å². The van der Waals surface area contributed by atoms with Crippen LogP contribution in [-0.4, -0.2) is 54.5 Å². The molecule has 1 saturated heterocycles. The molecule has 2 atom stereocenters. The number of methoxy groups -OCH3 is 1. The predicted molar refractivity (Wildman–Crippen MR) is 77.0 cm³/mol. The first-order valence-corrected chi connectivity index (χ1v) is 7.18. The molecule has 1 aliphatic heterocycles. The average molecular weight is 284 g/mol. The second kappa shape index (κ2) is 7.64. The lowest BCUT2D eigenvalue weighted by Gasteiger charge is -2.26. The summed E-state index contributed by atoms with van der Waals surface area (Å²) < 4.78 is 4.73. The molecule has 6 nitrogen and oxygen atoms in total. The van der Waals surface area contributed by atoms with Gasteiger partial charge in [0.25, 0.3) is 0 Å². The van der Waals surface area contributed by atoms with E-state index in [1.54, 1.807) is 11.6 Å². The Bertz CT molecular complexity index is 349. The highest BCUT2D eigenvalue weighted by atomic mass is 16.5. The van der Waals surface area contributed by atoms with Gasteiger partial charge in [0, 0.05) is 0 Å². The van der Waals surface area contributed by atoms with Crippen LogP contribution < -0.4 is 5.32 Å². The number of nitrogens with one attached hydrogen (secondary N) is 1. The average Bonchev–Trinajstić information content (AvgIpc) is 2.85. The highest BCUT2D eigenvalue weighted by molar-refractivity contribution is 6.45. The van der Waals surface area contributed by atoms with E-state index in [0.29, 0.717) is 19.4 Å². The van der Waals surface area contributed by atoms with Crippen LogP contribution in [-0.2, 0) is 14.3 Å². The summed E-state index contributed by atoms with van der Waals surface area (Å²) in [4.78, 5) is 25.8. The molecule has 2 unspecified atom stereocenters. The summed E-state index contributed by atoms with van der Waals surface area (Å²) in [5.74, 6) is -0.357. The molecule has 0 saturated carbocycles. The maximum absolute atomic E-state index is 12.3. The number of carbonyl (C=O) groups is 2. The molecule has 114 valence electrons. The largest absolute Gasteiger partial charge is 0.467 e. The number of ether oxygens (including phenoxy) is 1. The van der Waals surface area contributed by atoms with Gasteiger partial charge in [-0.2, -0.15) is 0 Å². The molecule has 1 heterocycles. The summed E-state index contributed by atoms with van der Waals surface area (Å²) in [6, 6.07) is -0.988. The Kier molecular flexibility index (Phi) is 6.49. The third-order valence-corrected chi connectivity index (χ3v) is 3.59. The van der Waals surface area contributed by atoms with Crippen LogP contribution in [0.25, 0.3) is 0 Å². The lowest BCUT2D eigenvalue weighted by atomic mass is 9.84. The fourth-order valence-corrected chi connectivity index (χ4v) is 2.61. The first kappa shape index (κ1) is 17.0. The van der Waals surface area contributed by atoms with Crippen LogP contribution >= 0.6 is 0 Å². The van der Waals surface area contributed by atoms with Gasteiger partial charge in [0.1, 0.15) is 6.04 Å². The zero-order valence-corrected chi connectivity index (χ0v) is 12.8. The third kappa shape index (κ3) is 4.49. The molecule has 0 bridgehead atoms. The number of amides is 1. The van der Waals surface area contributed by atoms with Gasteiger partial charge >= 0.3 is 13.0 Å². The van der Waals surface area contributed by atoms with E-state index in [1.165, 1.54) is 7.11 Å². The lowest BCUT2D eigenvalue weighted by Crippen LogP contribution is -2.53. The Labute approximate surface area is 121 Å². The Morgan fingerprint density at radius 3 is 2.65 bits per heavy atom. The van der Waals surface area contributed by atoms with Crippen molar-refractivity contribution in [3.8, 4) is 0 Å². The number of rotatable bonds is 6. The van der Waals surface area contributed by atoms with Gasteiger partial charge in [-0.1, -0.05) is 13.8 Å². The van der Waals surface area contributed by atoms with Crippen molar-refractivity contribution < 1.29 is 19.3 Å². The minimum atomic E-state index is -0.657. The third-order valence-electron chi connectivity index (χ3n) is 3.59. The summed E-state index contributed by atoms with van der Waals surface area (Å²) in [5, 5.41) is 12.4. The Balaban J connectivity index is 2.67. The van der Waals surface area contributed by atoms with Crippen molar-refractivity contribution in [1.29, 1.82) is 0 Å². The molecule has 1 aliphatic rings. The monoisotopic (exact) mass is 284 g/mol. The molecule has 1 rings (SSSR count). The van der Waals surface area contributed by atoms with Gasteiger partial charge in [0.2, 0.25) is 5.91 Å². The number of hydrogen-bond acceptors (Lipinski definition) is 5. The van der Waals surface area contributed by atoms with E-state index in [0.717, 1.165) is 6.42 Å². The van der Waals surface area contributed by atoms with Crippen molar-refractivity contribution >= 4 is 18.9 Å². The smallest absolute Gasteiger partial charge is 0.377 e. The number of nitrogens with zero attached hydrogens (tertiary/aromatic N) is 1. The first-order valence-electron chi connectivity index (χ1n) is 7.18. The quantitative estimate of drug-likeness (QED) is 0.540. The van der Waals surface area contributed by atoms with Gasteiger partial charge < -0.3 is 19.9 Å². The van der Waals surface area contributed by atoms with Crippen molar-refractivity contribution in [1.82, 2.24) is 10.1 Å². The molecule has 0 radical (unpaired) electrons. The summed E-state index contributed by atoms with van der Waals surface area (Å²) in [6.45, 7) is 6.32. The summed E-state index contributed by atoms with van der Waals surface area (Å²) in [7, 11) is 0.661. The van der Waals surface area contributed by atoms with E-state index in [4.69, 9.17) is 4.74 Å². The molecular weight excluding hydrogens is 259 g/mol. The molecular formula is C13H25BN2O4. The minimum absolute atomic E-state index is 0.209. The molecule has 7 heteroatoms. The molecule has 1 amide bonds. The minimum Gasteiger partial charge on any atom is -0.467 e. The van der Waals surface area contributed by atoms with Gasteiger partial charge in [0.05, 0.1) is 13.2 Å². The zero-order chi connectivity index (χ0) is 15.3. The molecule has 0 aromatic rings. The van der Waals surface area contributed by atoms with Crippen LogP contribution in [0.1, 0.15) is 33.1 Å². The van der Waals surface area contributed by atoms with Crippen LogP contribution in [0.2, 0.25) is 6.82 Å². The van der Waals surface area contributed by atoms with E-state index in [1.807, 2.05) is 13.8 Å². The summed E-state index contributed by atoms with van der Waals surface area (Å²) >= 11 is 0. The van der Waals surface area contributed by atoms with Gasteiger partial charge in [0.15, 0.2) is 0 Å². The fraction of sp³-hybridized carbons (Fsp3) is 0.846. The highest BCUT2D eigenvalue weighted by Gasteiger charge is 2.36. The number of hydrogen-bond donors (Lipinski definition) is 2. The van der Waals surface area contributed by atoms with Crippen LogP contribution in [0.5, 0.6) is 0 Å². The number of esters is 1. The maximum atomic E-state index is 12.3. The van der Waals surface area contributed by atoms with Gasteiger partial charge in [-0.25, -0.2) is 4.79 Å². The molecule has 1 fully saturated rings. The van der Waals surface area contributed by atoms with Crippen molar-refractivity contribution in [3.05, 3.63) is 0 Å². The van der Waals surface area contributed by atoms with Crippen LogP contribution in [0.4, 0.5) is 0 Å². The second-order valence-corrected chi connectivity index (χ2v) is 5.74. The number of carbonyl (C=O) groups excluding carboxylic acids is 2. The fourth-order valence-electron chi connectivity index (χ4n) is 2.61. The second-order valence-electron chi connectivity index (χ2n) is 5.74. The maximum Gasteiger partial charge on any atom is 0.377 e. The molecule has 20 heavy (non-hydrogen) atoms. The van der Waals surface area contributed by atoms with E-state index < -0.39 is 19.1 Å². The summed E-state index contributed by atoms with van der Waals surface area (Å²) in [5.41, 5.74) is 0. The van der Waals surface area contributed by atoms with Gasteiger partial charge in [-0.15, -0.1) is 0 Å². The van der Waals surface area contributed by atoms with E-state index >= 15 is 0 Å².